The third-order valence-electron chi connectivity index (χ3n) is 2.86. The summed E-state index contributed by atoms with van der Waals surface area (Å²) < 4.78 is 0. The average molecular weight is 213 g/mol. The summed E-state index contributed by atoms with van der Waals surface area (Å²) in [6, 6.07) is 0. The van der Waals surface area contributed by atoms with Gasteiger partial charge in [-0.25, -0.2) is 0 Å². The van der Waals surface area contributed by atoms with E-state index in [1.807, 2.05) is 0 Å². The molecule has 0 aromatic carbocycles. The first-order valence-electron chi connectivity index (χ1n) is 5.78. The van der Waals surface area contributed by atoms with Gasteiger partial charge in [-0.3, -0.25) is 4.99 Å². The lowest BCUT2D eigenvalue weighted by atomic mass is 9.80. The smallest absolute Gasteiger partial charge is 0.188 e. The standard InChI is InChI=1S/C11H23N3O/c1-9(2)4-7-13-10(12)14-8-11(15)5-3-6-11/h9,15H,3-8H2,1-2H3,(H3,12,13,14). The molecule has 1 rings (SSSR count). The molecule has 4 heteroatoms. The van der Waals surface area contributed by atoms with Crippen molar-refractivity contribution < 1.29 is 5.11 Å². The number of nitrogens with zero attached hydrogens (tertiary/aromatic N) is 1. The highest BCUT2D eigenvalue weighted by Gasteiger charge is 2.33. The lowest BCUT2D eigenvalue weighted by molar-refractivity contribution is -0.0235. The third-order valence-corrected chi connectivity index (χ3v) is 2.86. The topological polar surface area (TPSA) is 70.6 Å². The van der Waals surface area contributed by atoms with Gasteiger partial charge in [-0.15, -0.1) is 0 Å². The van der Waals surface area contributed by atoms with Gasteiger partial charge in [0.05, 0.1) is 12.1 Å². The minimum Gasteiger partial charge on any atom is -0.388 e. The van der Waals surface area contributed by atoms with Crippen LogP contribution in [0.15, 0.2) is 4.99 Å². The van der Waals surface area contributed by atoms with Crippen LogP contribution in [0.25, 0.3) is 0 Å². The molecule has 0 aromatic heterocycles. The summed E-state index contributed by atoms with van der Waals surface area (Å²) in [6.45, 7) is 5.64. The van der Waals surface area contributed by atoms with E-state index >= 15 is 0 Å². The fourth-order valence-corrected chi connectivity index (χ4v) is 1.52. The van der Waals surface area contributed by atoms with Gasteiger partial charge in [-0.05, 0) is 31.6 Å². The predicted octanol–water partition coefficient (Wildman–Crippen LogP) is 0.852. The van der Waals surface area contributed by atoms with Gasteiger partial charge in [-0.1, -0.05) is 13.8 Å². The molecule has 0 spiro atoms. The second-order valence-electron chi connectivity index (χ2n) is 4.89. The van der Waals surface area contributed by atoms with E-state index in [9.17, 15) is 5.11 Å². The zero-order valence-corrected chi connectivity index (χ0v) is 9.79. The summed E-state index contributed by atoms with van der Waals surface area (Å²) in [5.41, 5.74) is 5.11. The second kappa shape index (κ2) is 5.35. The van der Waals surface area contributed by atoms with E-state index in [-0.39, 0.29) is 0 Å². The van der Waals surface area contributed by atoms with Crippen molar-refractivity contribution in [2.45, 2.75) is 45.1 Å². The van der Waals surface area contributed by atoms with Crippen LogP contribution in [0.2, 0.25) is 0 Å². The molecule has 0 heterocycles. The molecule has 1 saturated carbocycles. The van der Waals surface area contributed by atoms with E-state index < -0.39 is 5.60 Å². The Hall–Kier alpha value is -0.770. The van der Waals surface area contributed by atoms with E-state index in [4.69, 9.17) is 5.73 Å². The molecule has 88 valence electrons. The summed E-state index contributed by atoms with van der Waals surface area (Å²) in [5, 5.41) is 12.8. The lowest BCUT2D eigenvalue weighted by Gasteiger charge is -2.34. The molecule has 0 aliphatic heterocycles. The molecule has 1 fully saturated rings. The molecule has 0 unspecified atom stereocenters. The van der Waals surface area contributed by atoms with Gasteiger partial charge in [0.15, 0.2) is 5.96 Å². The molecule has 4 nitrogen and oxygen atoms in total. The first kappa shape index (κ1) is 12.3. The molecule has 0 saturated heterocycles. The summed E-state index contributed by atoms with van der Waals surface area (Å²) >= 11 is 0. The van der Waals surface area contributed by atoms with E-state index in [0.717, 1.165) is 32.2 Å². The van der Waals surface area contributed by atoms with Crippen molar-refractivity contribution >= 4 is 5.96 Å². The largest absolute Gasteiger partial charge is 0.388 e. The highest BCUT2D eigenvalue weighted by molar-refractivity contribution is 5.77. The van der Waals surface area contributed by atoms with Crippen molar-refractivity contribution in [1.82, 2.24) is 5.32 Å². The van der Waals surface area contributed by atoms with Crippen LogP contribution >= 0.6 is 0 Å². The van der Waals surface area contributed by atoms with E-state index in [0.29, 0.717) is 18.4 Å². The first-order valence-corrected chi connectivity index (χ1v) is 5.78. The van der Waals surface area contributed by atoms with Crippen LogP contribution in [0.5, 0.6) is 0 Å². The third kappa shape index (κ3) is 4.51. The number of hydrogen-bond donors (Lipinski definition) is 3. The number of guanidine groups is 1. The zero-order chi connectivity index (χ0) is 11.3. The van der Waals surface area contributed by atoms with Gasteiger partial charge in [-0.2, -0.15) is 0 Å². The van der Waals surface area contributed by atoms with Gasteiger partial charge in [0, 0.05) is 6.54 Å². The maximum atomic E-state index is 9.78. The molecule has 0 atom stereocenters. The fourth-order valence-electron chi connectivity index (χ4n) is 1.52. The Morgan fingerprint density at radius 2 is 2.20 bits per heavy atom. The number of aliphatic hydroxyl groups is 1. The number of nitrogens with one attached hydrogen (secondary N) is 1. The van der Waals surface area contributed by atoms with E-state index in [2.05, 4.69) is 24.2 Å². The van der Waals surface area contributed by atoms with Crippen LogP contribution in [0.3, 0.4) is 0 Å². The Balaban J connectivity index is 2.15. The molecule has 0 amide bonds. The van der Waals surface area contributed by atoms with Gasteiger partial charge in [0.25, 0.3) is 0 Å². The van der Waals surface area contributed by atoms with Gasteiger partial charge < -0.3 is 16.2 Å². The predicted molar refractivity (Wildman–Crippen MR) is 62.7 cm³/mol. The molecular formula is C11H23N3O. The van der Waals surface area contributed by atoms with Crippen LogP contribution < -0.4 is 11.1 Å². The molecule has 4 N–H and O–H groups in total. The minimum absolute atomic E-state index is 0.438. The lowest BCUT2D eigenvalue weighted by Crippen LogP contribution is -2.42. The Morgan fingerprint density at radius 1 is 1.53 bits per heavy atom. The number of rotatable bonds is 5. The molecule has 15 heavy (non-hydrogen) atoms. The van der Waals surface area contributed by atoms with Crippen molar-refractivity contribution in [2.75, 3.05) is 13.1 Å². The zero-order valence-electron chi connectivity index (χ0n) is 9.79. The summed E-state index contributed by atoms with van der Waals surface area (Å²) in [5.74, 6) is 1.12. The number of aliphatic imine (C=N–C) groups is 1. The molecule has 0 radical (unpaired) electrons. The molecular weight excluding hydrogens is 190 g/mol. The van der Waals surface area contributed by atoms with Crippen molar-refractivity contribution in [2.24, 2.45) is 16.6 Å². The van der Waals surface area contributed by atoms with Gasteiger partial charge in [0.1, 0.15) is 0 Å². The summed E-state index contributed by atoms with van der Waals surface area (Å²) in [6.07, 6.45) is 3.90. The molecule has 1 aliphatic carbocycles. The quantitative estimate of drug-likeness (QED) is 0.468. The van der Waals surface area contributed by atoms with Crippen molar-refractivity contribution in [3.05, 3.63) is 0 Å². The van der Waals surface area contributed by atoms with Crippen molar-refractivity contribution in [3.8, 4) is 0 Å². The van der Waals surface area contributed by atoms with Gasteiger partial charge in [0.2, 0.25) is 0 Å². The molecule has 0 bridgehead atoms. The van der Waals surface area contributed by atoms with Crippen molar-refractivity contribution in [1.29, 1.82) is 0 Å². The number of nitrogens with two attached hydrogens (primary N) is 1. The SMILES string of the molecule is CC(C)CCNC(N)=NCC1(O)CCC1. The maximum absolute atomic E-state index is 9.78. The minimum atomic E-state index is -0.565. The first-order chi connectivity index (χ1) is 7.02. The number of hydrogen-bond acceptors (Lipinski definition) is 2. The molecule has 1 aliphatic rings. The summed E-state index contributed by atoms with van der Waals surface area (Å²) in [4.78, 5) is 4.15. The van der Waals surface area contributed by atoms with Crippen LogP contribution in [0.1, 0.15) is 39.5 Å². The van der Waals surface area contributed by atoms with E-state index in [1.54, 1.807) is 0 Å². The van der Waals surface area contributed by atoms with Gasteiger partial charge >= 0.3 is 0 Å². The highest BCUT2D eigenvalue weighted by Crippen LogP contribution is 2.31. The monoisotopic (exact) mass is 213 g/mol. The Labute approximate surface area is 92.0 Å². The normalized spacial score (nSPS) is 20.1. The van der Waals surface area contributed by atoms with E-state index in [1.165, 1.54) is 0 Å². The molecule has 0 aromatic rings. The van der Waals surface area contributed by atoms with Crippen LogP contribution in [0.4, 0.5) is 0 Å². The van der Waals surface area contributed by atoms with Crippen molar-refractivity contribution in [3.63, 3.8) is 0 Å². The Morgan fingerprint density at radius 3 is 2.67 bits per heavy atom. The summed E-state index contributed by atoms with van der Waals surface area (Å²) in [7, 11) is 0. The van der Waals surface area contributed by atoms with Crippen LogP contribution in [-0.2, 0) is 0 Å². The highest BCUT2D eigenvalue weighted by atomic mass is 16.3. The second-order valence-corrected chi connectivity index (χ2v) is 4.89. The maximum Gasteiger partial charge on any atom is 0.188 e. The van der Waals surface area contributed by atoms with Crippen LogP contribution in [0, 0.1) is 5.92 Å². The van der Waals surface area contributed by atoms with Crippen LogP contribution in [-0.4, -0.2) is 29.8 Å². The Bertz CT molecular complexity index is 222. The fraction of sp³-hybridized carbons (Fsp3) is 0.909. The average Bonchev–Trinajstić information content (AvgIpc) is 2.11. The Kier molecular flexibility index (Phi) is 4.39.